The number of hydrogen-bond acceptors (Lipinski definition) is 8. The van der Waals surface area contributed by atoms with Crippen LogP contribution in [0.4, 0.5) is 32.0 Å². The summed E-state index contributed by atoms with van der Waals surface area (Å²) in [6.07, 6.45) is -5.88. The highest BCUT2D eigenvalue weighted by Crippen LogP contribution is 2.27. The maximum absolute atomic E-state index is 12.9. The van der Waals surface area contributed by atoms with Crippen LogP contribution in [0, 0.1) is 6.92 Å². The smallest absolute Gasteiger partial charge is 0.434 e. The number of hydrogen-bond donors (Lipinski definition) is 1. The molecule has 36 heavy (non-hydrogen) atoms. The van der Waals surface area contributed by atoms with Crippen molar-refractivity contribution in [1.29, 1.82) is 0 Å². The lowest BCUT2D eigenvalue weighted by atomic mass is 10.1. The average molecular weight is 534 g/mol. The average Bonchev–Trinajstić information content (AvgIpc) is 3.13. The monoisotopic (exact) mass is 534 g/mol. The molecule has 0 unspecified atom stereocenters. The van der Waals surface area contributed by atoms with Crippen molar-refractivity contribution in [2.45, 2.75) is 25.7 Å². The number of pyridine rings is 1. The molecule has 1 amide bonds. The number of carbonyl (C=O) groups excluding carboxylic acids is 1. The number of ether oxygens (including phenoxy) is 1. The van der Waals surface area contributed by atoms with Crippen LogP contribution in [0.25, 0.3) is 0 Å². The van der Waals surface area contributed by atoms with E-state index in [1.807, 2.05) is 0 Å². The Bertz CT molecular complexity index is 1170. The highest BCUT2D eigenvalue weighted by atomic mass is 32.1. The van der Waals surface area contributed by atoms with Crippen molar-refractivity contribution in [2.75, 3.05) is 32.1 Å². The summed E-state index contributed by atoms with van der Waals surface area (Å²) in [5.41, 5.74) is 0.146. The van der Waals surface area contributed by atoms with E-state index in [0.717, 1.165) is 22.6 Å². The summed E-state index contributed by atoms with van der Waals surface area (Å²) in [5, 5.41) is 2.66. The predicted molar refractivity (Wildman–Crippen MR) is 118 cm³/mol. The predicted octanol–water partition coefficient (Wildman–Crippen LogP) is 4.37. The van der Waals surface area contributed by atoms with Gasteiger partial charge < -0.3 is 10.1 Å². The molecule has 0 atom stereocenters. The third-order valence-corrected chi connectivity index (χ3v) is 5.60. The molecule has 8 nitrogen and oxygen atoms in total. The second-order valence-electron chi connectivity index (χ2n) is 7.67. The number of aromatic nitrogens is 4. The number of nitrogens with one attached hydrogen (secondary N) is 1. The molecule has 3 heterocycles. The lowest BCUT2D eigenvalue weighted by Gasteiger charge is -2.18. The largest absolute Gasteiger partial charge is 0.476 e. The van der Waals surface area contributed by atoms with E-state index in [0.29, 0.717) is 22.5 Å². The molecule has 194 valence electrons. The lowest BCUT2D eigenvalue weighted by Crippen LogP contribution is -2.33. The van der Waals surface area contributed by atoms with Gasteiger partial charge in [-0.25, -0.2) is 9.97 Å². The fourth-order valence-electron chi connectivity index (χ4n) is 3.01. The SMILES string of the molecule is Cc1nsc(Cc2cnc(C(F)(F)F)cn2)c1C(=O)Nc1ccc(OCCN(C)CC(F)(F)F)nc1. The first-order valence-corrected chi connectivity index (χ1v) is 11.1. The van der Waals surface area contributed by atoms with Gasteiger partial charge >= 0.3 is 12.4 Å². The van der Waals surface area contributed by atoms with E-state index in [-0.39, 0.29) is 36.7 Å². The number of aryl methyl sites for hydroxylation is 1. The number of anilines is 1. The Kier molecular flexibility index (Phi) is 8.45. The second kappa shape index (κ2) is 11.2. The summed E-state index contributed by atoms with van der Waals surface area (Å²) in [6, 6.07) is 2.96. The van der Waals surface area contributed by atoms with E-state index >= 15 is 0 Å². The van der Waals surface area contributed by atoms with Crippen LogP contribution in [-0.4, -0.2) is 63.1 Å². The molecular formula is C21H20F6N6O2S. The van der Waals surface area contributed by atoms with Crippen molar-refractivity contribution < 1.29 is 35.9 Å². The summed E-state index contributed by atoms with van der Waals surface area (Å²) in [6.45, 7) is 0.592. The maximum Gasteiger partial charge on any atom is 0.434 e. The van der Waals surface area contributed by atoms with Crippen LogP contribution in [0.2, 0.25) is 0 Å². The summed E-state index contributed by atoms with van der Waals surface area (Å²) in [7, 11) is 1.32. The summed E-state index contributed by atoms with van der Waals surface area (Å²) in [5.74, 6) is -0.330. The molecule has 0 saturated carbocycles. The van der Waals surface area contributed by atoms with Gasteiger partial charge in [-0.15, -0.1) is 0 Å². The molecule has 3 aromatic heterocycles. The molecule has 0 saturated heterocycles. The van der Waals surface area contributed by atoms with Gasteiger partial charge in [0.2, 0.25) is 5.88 Å². The van der Waals surface area contributed by atoms with Gasteiger partial charge in [-0.2, -0.15) is 30.7 Å². The van der Waals surface area contributed by atoms with Crippen molar-refractivity contribution >= 4 is 23.1 Å². The molecule has 1 N–H and O–H groups in total. The summed E-state index contributed by atoms with van der Waals surface area (Å²) >= 11 is 1.03. The minimum Gasteiger partial charge on any atom is -0.476 e. The van der Waals surface area contributed by atoms with E-state index in [1.165, 1.54) is 25.4 Å². The Hall–Kier alpha value is -3.33. The fraction of sp³-hybridized carbons (Fsp3) is 0.381. The second-order valence-corrected chi connectivity index (χ2v) is 8.53. The van der Waals surface area contributed by atoms with Crippen LogP contribution >= 0.6 is 11.5 Å². The number of alkyl halides is 6. The standard InChI is InChI=1S/C21H20F6N6O2S/c1-12-18(15(36-32-12)7-14-9-29-16(10-28-14)21(25,26)27)19(34)31-13-3-4-17(30-8-13)35-6-5-33(2)11-20(22,23)24/h3-4,8-10H,5-7,11H2,1-2H3,(H,31,34). The van der Waals surface area contributed by atoms with Gasteiger partial charge in [0.25, 0.3) is 5.91 Å². The molecule has 0 bridgehead atoms. The van der Waals surface area contributed by atoms with Gasteiger partial charge in [0.05, 0.1) is 41.6 Å². The van der Waals surface area contributed by atoms with Crippen LogP contribution in [0.1, 0.15) is 32.3 Å². The number of likely N-dealkylation sites (N-methyl/N-ethyl adjacent to an activating group) is 1. The minimum absolute atomic E-state index is 0.0126. The molecule has 15 heteroatoms. The molecule has 0 aliphatic heterocycles. The zero-order chi connectivity index (χ0) is 26.5. The van der Waals surface area contributed by atoms with E-state index in [9.17, 15) is 31.1 Å². The lowest BCUT2D eigenvalue weighted by molar-refractivity contribution is -0.143. The van der Waals surface area contributed by atoms with Crippen LogP contribution in [0.5, 0.6) is 5.88 Å². The van der Waals surface area contributed by atoms with Gasteiger partial charge in [-0.3, -0.25) is 14.7 Å². The molecule has 0 aromatic carbocycles. The van der Waals surface area contributed by atoms with Crippen LogP contribution in [0.15, 0.2) is 30.7 Å². The normalized spacial score (nSPS) is 12.1. The topological polar surface area (TPSA) is 93.1 Å². The van der Waals surface area contributed by atoms with Crippen LogP contribution in [0.3, 0.4) is 0 Å². The number of rotatable bonds is 9. The van der Waals surface area contributed by atoms with E-state index in [2.05, 4.69) is 24.6 Å². The van der Waals surface area contributed by atoms with Gasteiger partial charge in [0.15, 0.2) is 5.69 Å². The molecular weight excluding hydrogens is 514 g/mol. The first-order valence-electron chi connectivity index (χ1n) is 10.3. The summed E-state index contributed by atoms with van der Waals surface area (Å²) in [4.78, 5) is 25.6. The van der Waals surface area contributed by atoms with Crippen molar-refractivity contribution in [3.8, 4) is 5.88 Å². The maximum atomic E-state index is 12.9. The number of amides is 1. The van der Waals surface area contributed by atoms with Crippen molar-refractivity contribution in [1.82, 2.24) is 24.2 Å². The van der Waals surface area contributed by atoms with E-state index in [1.54, 1.807) is 6.92 Å². The molecule has 0 radical (unpaired) electrons. The van der Waals surface area contributed by atoms with E-state index in [4.69, 9.17) is 4.74 Å². The molecule has 0 spiro atoms. The Balaban J connectivity index is 1.59. The first-order chi connectivity index (χ1) is 16.8. The fourth-order valence-corrected chi connectivity index (χ4v) is 3.89. The molecule has 0 aliphatic carbocycles. The number of halogens is 6. The minimum atomic E-state index is -4.60. The van der Waals surface area contributed by atoms with Crippen molar-refractivity contribution in [2.24, 2.45) is 0 Å². The Morgan fingerprint density at radius 3 is 2.42 bits per heavy atom. The van der Waals surface area contributed by atoms with Gasteiger partial charge in [-0.05, 0) is 31.6 Å². The highest BCUT2D eigenvalue weighted by Gasteiger charge is 2.33. The summed E-state index contributed by atoms with van der Waals surface area (Å²) < 4.78 is 84.6. The van der Waals surface area contributed by atoms with Gasteiger partial charge in [0, 0.05) is 30.1 Å². The van der Waals surface area contributed by atoms with Crippen molar-refractivity contribution in [3.63, 3.8) is 0 Å². The number of carbonyl (C=O) groups is 1. The molecule has 0 aliphatic rings. The molecule has 0 fully saturated rings. The Morgan fingerprint density at radius 1 is 1.08 bits per heavy atom. The molecule has 3 rings (SSSR count). The zero-order valence-corrected chi connectivity index (χ0v) is 19.8. The molecule has 3 aromatic rings. The van der Waals surface area contributed by atoms with Gasteiger partial charge in [0.1, 0.15) is 6.61 Å². The quantitative estimate of drug-likeness (QED) is 0.408. The Labute approximate surface area is 205 Å². The Morgan fingerprint density at radius 2 is 1.83 bits per heavy atom. The number of nitrogens with zero attached hydrogens (tertiary/aromatic N) is 5. The van der Waals surface area contributed by atoms with Gasteiger partial charge in [-0.1, -0.05) is 0 Å². The first kappa shape index (κ1) is 27.3. The van der Waals surface area contributed by atoms with E-state index < -0.39 is 30.5 Å². The zero-order valence-electron chi connectivity index (χ0n) is 18.9. The third-order valence-electron chi connectivity index (χ3n) is 4.66. The van der Waals surface area contributed by atoms with Crippen LogP contribution in [-0.2, 0) is 12.6 Å². The third kappa shape index (κ3) is 7.84. The van der Waals surface area contributed by atoms with Crippen LogP contribution < -0.4 is 10.1 Å². The van der Waals surface area contributed by atoms with Crippen molar-refractivity contribution in [3.05, 3.63) is 58.2 Å². The highest BCUT2D eigenvalue weighted by molar-refractivity contribution is 7.06.